The summed E-state index contributed by atoms with van der Waals surface area (Å²) >= 11 is 0. The van der Waals surface area contributed by atoms with Crippen LogP contribution in [0.5, 0.6) is 0 Å². The number of ether oxygens (including phenoxy) is 1. The van der Waals surface area contributed by atoms with Crippen molar-refractivity contribution in [1.29, 1.82) is 0 Å². The largest absolute Gasteiger partial charge is 0.481 e. The van der Waals surface area contributed by atoms with Gasteiger partial charge in [0.05, 0.1) is 12.0 Å². The van der Waals surface area contributed by atoms with Crippen molar-refractivity contribution in [2.45, 2.75) is 20.3 Å². The van der Waals surface area contributed by atoms with E-state index < -0.39 is 17.5 Å². The van der Waals surface area contributed by atoms with Gasteiger partial charge in [0, 0.05) is 13.1 Å². The summed E-state index contributed by atoms with van der Waals surface area (Å²) < 4.78 is 4.48. The first-order valence-electron chi connectivity index (χ1n) is 6.48. The highest BCUT2D eigenvalue weighted by atomic mass is 16.5. The van der Waals surface area contributed by atoms with Gasteiger partial charge in [-0.1, -0.05) is 13.8 Å². The Labute approximate surface area is 117 Å². The first kappa shape index (κ1) is 16.1. The van der Waals surface area contributed by atoms with E-state index in [0.717, 1.165) is 0 Å². The quantitative estimate of drug-likeness (QED) is 0.624. The van der Waals surface area contributed by atoms with Crippen LogP contribution in [0.25, 0.3) is 0 Å². The van der Waals surface area contributed by atoms with Crippen molar-refractivity contribution in [2.75, 3.05) is 26.2 Å². The lowest BCUT2D eigenvalue weighted by Gasteiger charge is -2.28. The monoisotopic (exact) mass is 287 g/mol. The number of nitrogens with one attached hydrogen (secondary N) is 1. The minimum absolute atomic E-state index is 0.0107. The molecule has 4 N–H and O–H groups in total. The normalized spacial score (nSPS) is 21.9. The predicted octanol–water partition coefficient (Wildman–Crippen LogP) is 0.224. The van der Waals surface area contributed by atoms with Crippen molar-refractivity contribution in [3.8, 4) is 0 Å². The van der Waals surface area contributed by atoms with E-state index in [0.29, 0.717) is 13.0 Å². The van der Waals surface area contributed by atoms with Gasteiger partial charge < -0.3 is 25.8 Å². The minimum Gasteiger partial charge on any atom is -0.481 e. The van der Waals surface area contributed by atoms with E-state index in [2.05, 4.69) is 10.1 Å². The van der Waals surface area contributed by atoms with Crippen LogP contribution in [0.3, 0.4) is 0 Å². The molecule has 8 heteroatoms. The standard InChI is InChI=1S/C12H21N3O5/c1-8(2)12(9(16)17)3-5-15(7-12)11(19)14-4-6-20-10(13)18/h8H,3-7H2,1-2H3,(H2,13,18)(H,14,19)(H,16,17). The van der Waals surface area contributed by atoms with Gasteiger partial charge in [-0.3, -0.25) is 4.79 Å². The maximum atomic E-state index is 11.9. The van der Waals surface area contributed by atoms with Gasteiger partial charge in [0.1, 0.15) is 6.61 Å². The van der Waals surface area contributed by atoms with Crippen LogP contribution in [0.1, 0.15) is 20.3 Å². The van der Waals surface area contributed by atoms with Crippen LogP contribution in [0.2, 0.25) is 0 Å². The SMILES string of the molecule is CC(C)C1(C(=O)O)CCN(C(=O)NCCOC(N)=O)C1. The zero-order valence-corrected chi connectivity index (χ0v) is 11.7. The number of rotatable bonds is 5. The number of nitrogens with two attached hydrogens (primary N) is 1. The van der Waals surface area contributed by atoms with Gasteiger partial charge in [0.25, 0.3) is 0 Å². The second-order valence-electron chi connectivity index (χ2n) is 5.19. The zero-order valence-electron chi connectivity index (χ0n) is 11.7. The van der Waals surface area contributed by atoms with E-state index in [1.54, 1.807) is 0 Å². The molecule has 0 aromatic rings. The maximum absolute atomic E-state index is 11.9. The predicted molar refractivity (Wildman–Crippen MR) is 70.0 cm³/mol. The number of carboxylic acids is 1. The van der Waals surface area contributed by atoms with E-state index in [1.807, 2.05) is 13.8 Å². The van der Waals surface area contributed by atoms with Crippen molar-refractivity contribution in [1.82, 2.24) is 10.2 Å². The molecular weight excluding hydrogens is 266 g/mol. The van der Waals surface area contributed by atoms with Crippen molar-refractivity contribution >= 4 is 18.1 Å². The molecule has 1 aliphatic heterocycles. The van der Waals surface area contributed by atoms with Crippen LogP contribution >= 0.6 is 0 Å². The summed E-state index contributed by atoms with van der Waals surface area (Å²) in [4.78, 5) is 35.1. The van der Waals surface area contributed by atoms with Gasteiger partial charge in [-0.05, 0) is 12.3 Å². The molecule has 8 nitrogen and oxygen atoms in total. The highest BCUT2D eigenvalue weighted by molar-refractivity contribution is 5.80. The second kappa shape index (κ2) is 6.44. The zero-order chi connectivity index (χ0) is 15.3. The Hall–Kier alpha value is -1.99. The molecule has 1 fully saturated rings. The van der Waals surface area contributed by atoms with Crippen LogP contribution in [-0.2, 0) is 9.53 Å². The Morgan fingerprint density at radius 2 is 2.10 bits per heavy atom. The number of nitrogens with zero attached hydrogens (tertiary/aromatic N) is 1. The molecule has 0 saturated carbocycles. The lowest BCUT2D eigenvalue weighted by Crippen LogP contribution is -2.44. The highest BCUT2D eigenvalue weighted by Gasteiger charge is 2.48. The second-order valence-corrected chi connectivity index (χ2v) is 5.19. The number of urea groups is 1. The molecule has 114 valence electrons. The maximum Gasteiger partial charge on any atom is 0.404 e. The number of hydrogen-bond acceptors (Lipinski definition) is 4. The van der Waals surface area contributed by atoms with Gasteiger partial charge in [-0.15, -0.1) is 0 Å². The number of carbonyl (C=O) groups is 3. The number of likely N-dealkylation sites (tertiary alicyclic amines) is 1. The summed E-state index contributed by atoms with van der Waals surface area (Å²) in [6.07, 6.45) is -0.462. The molecule has 20 heavy (non-hydrogen) atoms. The molecule has 0 aromatic carbocycles. The molecule has 1 unspecified atom stereocenters. The van der Waals surface area contributed by atoms with Crippen LogP contribution < -0.4 is 11.1 Å². The van der Waals surface area contributed by atoms with Gasteiger partial charge in [0.2, 0.25) is 0 Å². The molecule has 0 aliphatic carbocycles. The molecule has 3 amide bonds. The third-order valence-corrected chi connectivity index (χ3v) is 3.74. The summed E-state index contributed by atoms with van der Waals surface area (Å²) in [6.45, 7) is 4.39. The van der Waals surface area contributed by atoms with E-state index in [-0.39, 0.29) is 31.6 Å². The fourth-order valence-electron chi connectivity index (χ4n) is 2.32. The average Bonchev–Trinajstić information content (AvgIpc) is 2.80. The van der Waals surface area contributed by atoms with Crippen molar-refractivity contribution in [3.05, 3.63) is 0 Å². The summed E-state index contributed by atoms with van der Waals surface area (Å²) in [5, 5.41) is 11.9. The van der Waals surface area contributed by atoms with Crippen LogP contribution in [-0.4, -0.2) is 54.3 Å². The Balaban J connectivity index is 2.48. The number of primary amides is 1. The molecule has 0 aromatic heterocycles. The Bertz CT molecular complexity index is 399. The van der Waals surface area contributed by atoms with E-state index in [4.69, 9.17) is 5.73 Å². The smallest absolute Gasteiger partial charge is 0.404 e. The fraction of sp³-hybridized carbons (Fsp3) is 0.750. The number of aliphatic carboxylic acids is 1. The number of carbonyl (C=O) groups excluding carboxylic acids is 2. The van der Waals surface area contributed by atoms with Crippen LogP contribution in [0.4, 0.5) is 9.59 Å². The fourth-order valence-corrected chi connectivity index (χ4v) is 2.32. The lowest BCUT2D eigenvalue weighted by molar-refractivity contribution is -0.150. The van der Waals surface area contributed by atoms with E-state index in [1.165, 1.54) is 4.90 Å². The van der Waals surface area contributed by atoms with Gasteiger partial charge in [-0.25, -0.2) is 9.59 Å². The summed E-state index contributed by atoms with van der Waals surface area (Å²) in [5.41, 5.74) is 3.90. The highest BCUT2D eigenvalue weighted by Crippen LogP contribution is 2.38. The molecule has 1 rings (SSSR count). The Morgan fingerprint density at radius 1 is 1.45 bits per heavy atom. The van der Waals surface area contributed by atoms with Crippen LogP contribution in [0.15, 0.2) is 0 Å². The van der Waals surface area contributed by atoms with Crippen molar-refractivity contribution in [2.24, 2.45) is 17.1 Å². The molecule has 0 radical (unpaired) electrons. The molecule has 1 saturated heterocycles. The van der Waals surface area contributed by atoms with Crippen LogP contribution in [0, 0.1) is 11.3 Å². The molecule has 1 atom stereocenters. The Morgan fingerprint density at radius 3 is 2.55 bits per heavy atom. The van der Waals surface area contributed by atoms with Crippen molar-refractivity contribution in [3.63, 3.8) is 0 Å². The molecule has 1 heterocycles. The molecule has 0 spiro atoms. The first-order valence-corrected chi connectivity index (χ1v) is 6.48. The molecule has 0 bridgehead atoms. The number of hydrogen-bond donors (Lipinski definition) is 3. The van der Waals surface area contributed by atoms with Gasteiger partial charge in [0.15, 0.2) is 0 Å². The van der Waals surface area contributed by atoms with Crippen molar-refractivity contribution < 1.29 is 24.2 Å². The summed E-state index contributed by atoms with van der Waals surface area (Å²) in [6, 6.07) is -0.359. The van der Waals surface area contributed by atoms with E-state index >= 15 is 0 Å². The Kier molecular flexibility index (Phi) is 5.18. The number of carboxylic acid groups (broad SMARTS) is 1. The minimum atomic E-state index is -0.898. The van der Waals surface area contributed by atoms with E-state index in [9.17, 15) is 19.5 Å². The first-order chi connectivity index (χ1) is 9.29. The number of amides is 3. The lowest BCUT2D eigenvalue weighted by atomic mass is 9.76. The summed E-state index contributed by atoms with van der Waals surface area (Å²) in [5.74, 6) is -0.934. The molecule has 1 aliphatic rings. The van der Waals surface area contributed by atoms with Gasteiger partial charge in [-0.2, -0.15) is 0 Å². The van der Waals surface area contributed by atoms with Gasteiger partial charge >= 0.3 is 18.1 Å². The average molecular weight is 287 g/mol. The summed E-state index contributed by atoms with van der Waals surface area (Å²) in [7, 11) is 0. The molecular formula is C12H21N3O5. The third-order valence-electron chi connectivity index (χ3n) is 3.74. The third kappa shape index (κ3) is 3.52. The topological polar surface area (TPSA) is 122 Å².